The van der Waals surface area contributed by atoms with Crippen LogP contribution in [0, 0.1) is 11.7 Å². The van der Waals surface area contributed by atoms with E-state index in [0.29, 0.717) is 23.3 Å². The topological polar surface area (TPSA) is 69.7 Å². The van der Waals surface area contributed by atoms with Crippen molar-refractivity contribution in [1.29, 1.82) is 0 Å². The Labute approximate surface area is 189 Å². The van der Waals surface area contributed by atoms with Crippen LogP contribution >= 0.6 is 0 Å². The Hall–Kier alpha value is -2.41. The van der Waals surface area contributed by atoms with Crippen molar-refractivity contribution in [2.45, 2.75) is 44.4 Å². The van der Waals surface area contributed by atoms with Crippen LogP contribution in [0.2, 0.25) is 0 Å². The van der Waals surface area contributed by atoms with E-state index in [0.717, 1.165) is 37.5 Å². The third-order valence-electron chi connectivity index (χ3n) is 6.10. The second-order valence-corrected chi connectivity index (χ2v) is 11.0. The monoisotopic (exact) mass is 462 g/mol. The number of carbonyl (C=O) groups excluding carboxylic acids is 1. The number of rotatable bonds is 10. The third-order valence-corrected chi connectivity index (χ3v) is 6.95. The Kier molecular flexibility index (Phi) is 7.93. The molecule has 0 heterocycles. The van der Waals surface area contributed by atoms with Crippen LogP contribution < -0.4 is 9.47 Å². The van der Waals surface area contributed by atoms with E-state index in [1.165, 1.54) is 11.6 Å². The Morgan fingerprint density at radius 1 is 1.12 bits per heavy atom. The molecule has 1 fully saturated rings. The molecule has 1 aliphatic carbocycles. The first-order valence-electron chi connectivity index (χ1n) is 10.9. The normalized spacial score (nSPS) is 19.5. The molecule has 0 bridgehead atoms. The van der Waals surface area contributed by atoms with E-state index < -0.39 is 21.4 Å². The molecular formula is C25H31FO5S. The van der Waals surface area contributed by atoms with E-state index >= 15 is 0 Å². The predicted octanol–water partition coefficient (Wildman–Crippen LogP) is 4.90. The van der Waals surface area contributed by atoms with E-state index in [9.17, 15) is 17.6 Å². The van der Waals surface area contributed by atoms with E-state index in [2.05, 4.69) is 6.92 Å². The molecule has 174 valence electrons. The van der Waals surface area contributed by atoms with Gasteiger partial charge in [0.05, 0.1) is 7.11 Å². The summed E-state index contributed by atoms with van der Waals surface area (Å²) in [6.07, 6.45) is 5.37. The molecule has 1 aliphatic rings. The molecule has 0 amide bonds. The number of methoxy groups -OCH3 is 1. The quantitative estimate of drug-likeness (QED) is 0.502. The number of sulfone groups is 1. The predicted molar refractivity (Wildman–Crippen MR) is 123 cm³/mol. The summed E-state index contributed by atoms with van der Waals surface area (Å²) < 4.78 is 46.8. The molecular weight excluding hydrogens is 431 g/mol. The molecule has 1 saturated carbocycles. The summed E-state index contributed by atoms with van der Waals surface area (Å²) in [4.78, 5) is 11.7. The molecule has 0 radical (unpaired) electrons. The third kappa shape index (κ3) is 7.05. The first kappa shape index (κ1) is 24.2. The van der Waals surface area contributed by atoms with Crippen LogP contribution in [0.25, 0.3) is 0 Å². The summed E-state index contributed by atoms with van der Waals surface area (Å²) in [7, 11) is -1.79. The van der Waals surface area contributed by atoms with Gasteiger partial charge in [0.1, 0.15) is 29.7 Å². The number of Topliss-reactive ketones (excluding diaryl/α,β-unsaturated/α-hetero) is 1. The van der Waals surface area contributed by atoms with Crippen molar-refractivity contribution in [2.75, 3.05) is 25.7 Å². The number of ketones is 1. The fourth-order valence-electron chi connectivity index (χ4n) is 4.55. The van der Waals surface area contributed by atoms with Crippen LogP contribution in [0.3, 0.4) is 0 Å². The maximum absolute atomic E-state index is 13.8. The standard InChI is InChI=1S/C25H31FO5S/c1-17(21-12-22(26)14-25(13-21)30-2)10-18-4-5-20(11-18)19-6-8-24(9-7-19)31-15-23(27)16-32(3,28)29/h6-9,12-14,17-18,20H,4-5,10-11,15-16H2,1-3H3/t17-,18?,20+/m0/s1. The minimum Gasteiger partial charge on any atom is -0.497 e. The lowest BCUT2D eigenvalue weighted by Gasteiger charge is -2.18. The largest absolute Gasteiger partial charge is 0.497 e. The molecule has 5 nitrogen and oxygen atoms in total. The highest BCUT2D eigenvalue weighted by molar-refractivity contribution is 7.91. The van der Waals surface area contributed by atoms with Gasteiger partial charge in [-0.3, -0.25) is 4.79 Å². The van der Waals surface area contributed by atoms with Crippen molar-refractivity contribution in [1.82, 2.24) is 0 Å². The van der Waals surface area contributed by atoms with E-state index in [1.807, 2.05) is 30.3 Å². The summed E-state index contributed by atoms with van der Waals surface area (Å²) in [5.41, 5.74) is 2.21. The van der Waals surface area contributed by atoms with Crippen molar-refractivity contribution in [3.8, 4) is 11.5 Å². The lowest BCUT2D eigenvalue weighted by molar-refractivity contribution is -0.118. The summed E-state index contributed by atoms with van der Waals surface area (Å²) >= 11 is 0. The number of carbonyl (C=O) groups is 1. The van der Waals surface area contributed by atoms with Crippen molar-refractivity contribution in [3.63, 3.8) is 0 Å². The minimum absolute atomic E-state index is 0.249. The molecule has 0 N–H and O–H groups in total. The summed E-state index contributed by atoms with van der Waals surface area (Å²) in [5.74, 6) is 1.17. The van der Waals surface area contributed by atoms with Crippen molar-refractivity contribution in [3.05, 3.63) is 59.4 Å². The fourth-order valence-corrected chi connectivity index (χ4v) is 5.22. The van der Waals surface area contributed by atoms with Gasteiger partial charge < -0.3 is 9.47 Å². The Morgan fingerprint density at radius 3 is 2.50 bits per heavy atom. The SMILES string of the molecule is COc1cc(F)cc([C@@H](C)CC2CC[C@@H](c3ccc(OCC(=O)CS(C)(=O)=O)cc3)C2)c1. The molecule has 32 heavy (non-hydrogen) atoms. The summed E-state index contributed by atoms with van der Waals surface area (Å²) in [5, 5.41) is 0. The first-order chi connectivity index (χ1) is 15.1. The van der Waals surface area contributed by atoms with Crippen molar-refractivity contribution in [2.24, 2.45) is 5.92 Å². The smallest absolute Gasteiger partial charge is 0.185 e. The van der Waals surface area contributed by atoms with Gasteiger partial charge in [-0.05, 0) is 78.8 Å². The molecule has 7 heteroatoms. The Morgan fingerprint density at radius 2 is 1.84 bits per heavy atom. The summed E-state index contributed by atoms with van der Waals surface area (Å²) in [6, 6.07) is 12.6. The van der Waals surface area contributed by atoms with Gasteiger partial charge in [-0.2, -0.15) is 0 Å². The van der Waals surface area contributed by atoms with E-state index in [4.69, 9.17) is 9.47 Å². The van der Waals surface area contributed by atoms with Crippen molar-refractivity contribution >= 4 is 15.6 Å². The number of ether oxygens (including phenoxy) is 2. The molecule has 0 spiro atoms. The second kappa shape index (κ2) is 10.5. The van der Waals surface area contributed by atoms with Gasteiger partial charge in [0.2, 0.25) is 0 Å². The van der Waals surface area contributed by atoms with Crippen LogP contribution in [-0.4, -0.2) is 39.9 Å². The average Bonchev–Trinajstić information content (AvgIpc) is 3.19. The second-order valence-electron chi connectivity index (χ2n) is 8.90. The zero-order valence-corrected chi connectivity index (χ0v) is 19.7. The van der Waals surface area contributed by atoms with Crippen LogP contribution in [0.15, 0.2) is 42.5 Å². The molecule has 0 aromatic heterocycles. The van der Waals surface area contributed by atoms with Gasteiger partial charge in [0, 0.05) is 12.3 Å². The molecule has 3 rings (SSSR count). The lowest BCUT2D eigenvalue weighted by Crippen LogP contribution is -2.20. The van der Waals surface area contributed by atoms with Crippen LogP contribution in [-0.2, 0) is 14.6 Å². The molecule has 1 unspecified atom stereocenters. The maximum atomic E-state index is 13.8. The average molecular weight is 463 g/mol. The van der Waals surface area contributed by atoms with Gasteiger partial charge in [0.15, 0.2) is 15.6 Å². The van der Waals surface area contributed by atoms with Gasteiger partial charge in [-0.15, -0.1) is 0 Å². The minimum atomic E-state index is -3.34. The Balaban J connectivity index is 1.52. The van der Waals surface area contributed by atoms with Crippen LogP contribution in [0.5, 0.6) is 11.5 Å². The molecule has 2 aromatic rings. The number of hydrogen-bond acceptors (Lipinski definition) is 5. The first-order valence-corrected chi connectivity index (χ1v) is 13.0. The van der Waals surface area contributed by atoms with Crippen LogP contribution in [0.1, 0.15) is 55.6 Å². The zero-order chi connectivity index (χ0) is 23.3. The summed E-state index contributed by atoms with van der Waals surface area (Å²) in [6.45, 7) is 1.89. The van der Waals surface area contributed by atoms with Crippen LogP contribution in [0.4, 0.5) is 4.39 Å². The highest BCUT2D eigenvalue weighted by atomic mass is 32.2. The zero-order valence-electron chi connectivity index (χ0n) is 18.8. The van der Waals surface area contributed by atoms with Gasteiger partial charge >= 0.3 is 0 Å². The molecule has 3 atom stereocenters. The number of halogens is 1. The lowest BCUT2D eigenvalue weighted by atomic mass is 9.88. The van der Waals surface area contributed by atoms with Crippen molar-refractivity contribution < 1.29 is 27.1 Å². The van der Waals surface area contributed by atoms with Gasteiger partial charge in [-0.25, -0.2) is 12.8 Å². The maximum Gasteiger partial charge on any atom is 0.185 e. The number of benzene rings is 2. The fraction of sp³-hybridized carbons (Fsp3) is 0.480. The molecule has 0 saturated heterocycles. The van der Waals surface area contributed by atoms with Gasteiger partial charge in [-0.1, -0.05) is 19.1 Å². The van der Waals surface area contributed by atoms with E-state index in [1.54, 1.807) is 13.2 Å². The van der Waals surface area contributed by atoms with Gasteiger partial charge in [0.25, 0.3) is 0 Å². The highest BCUT2D eigenvalue weighted by Crippen LogP contribution is 2.43. The van der Waals surface area contributed by atoms with E-state index in [-0.39, 0.29) is 18.3 Å². The molecule has 2 aromatic carbocycles. The molecule has 0 aliphatic heterocycles. The highest BCUT2D eigenvalue weighted by Gasteiger charge is 2.27. The number of hydrogen-bond donors (Lipinski definition) is 0. The Bertz CT molecular complexity index is 1030.